The number of non-ortho nitro benzene ring substituents is 1. The summed E-state index contributed by atoms with van der Waals surface area (Å²) in [7, 11) is -3.66. The Kier molecular flexibility index (Phi) is 4.67. The zero-order valence-electron chi connectivity index (χ0n) is 8.34. The number of hydrogen-bond donors (Lipinski definition) is 0. The van der Waals surface area contributed by atoms with E-state index in [0.29, 0.717) is 0 Å². The summed E-state index contributed by atoms with van der Waals surface area (Å²) >= 11 is 8.62. The molecule has 17 heavy (non-hydrogen) atoms. The summed E-state index contributed by atoms with van der Waals surface area (Å²) in [6.45, 7) is 0. The van der Waals surface area contributed by atoms with Crippen LogP contribution in [0.15, 0.2) is 39.6 Å². The molecule has 0 unspecified atom stereocenters. The van der Waals surface area contributed by atoms with Crippen molar-refractivity contribution < 1.29 is 13.3 Å². The van der Waals surface area contributed by atoms with Gasteiger partial charge in [0.15, 0.2) is 0 Å². The molecule has 0 fully saturated rings. The topological polar surface area (TPSA) is 77.3 Å². The minimum atomic E-state index is -3.66. The lowest BCUT2D eigenvalue weighted by molar-refractivity contribution is -0.384. The predicted molar refractivity (Wildman–Crippen MR) is 68.0 cm³/mol. The SMILES string of the molecule is O=[N+]([O-])c1ccc(S(=O)(=O)/C=C(/Cl)CBr)cc1. The highest BCUT2D eigenvalue weighted by atomic mass is 79.9. The molecule has 92 valence electrons. The molecule has 0 aliphatic carbocycles. The second-order valence-electron chi connectivity index (χ2n) is 2.99. The molecular weight excluding hydrogens is 334 g/mol. The third kappa shape index (κ3) is 3.79. The van der Waals surface area contributed by atoms with Crippen molar-refractivity contribution in [2.45, 2.75) is 4.90 Å². The van der Waals surface area contributed by atoms with Crippen molar-refractivity contribution in [1.82, 2.24) is 0 Å². The van der Waals surface area contributed by atoms with Gasteiger partial charge in [0.05, 0.1) is 15.2 Å². The Morgan fingerprint density at radius 1 is 1.41 bits per heavy atom. The fraction of sp³-hybridized carbons (Fsp3) is 0.111. The monoisotopic (exact) mass is 339 g/mol. The molecular formula is C9H7BrClNO4S. The van der Waals surface area contributed by atoms with Gasteiger partial charge < -0.3 is 0 Å². The predicted octanol–water partition coefficient (Wildman–Crippen LogP) is 2.84. The molecule has 0 aliphatic rings. The van der Waals surface area contributed by atoms with Crippen LogP contribution in [-0.4, -0.2) is 18.7 Å². The van der Waals surface area contributed by atoms with E-state index in [1.165, 1.54) is 12.1 Å². The summed E-state index contributed by atoms with van der Waals surface area (Å²) in [6, 6.07) is 4.59. The Bertz CT molecular complexity index is 553. The normalized spacial score (nSPS) is 12.5. The molecule has 0 amide bonds. The van der Waals surface area contributed by atoms with Crippen LogP contribution in [0.1, 0.15) is 0 Å². The summed E-state index contributed by atoms with van der Waals surface area (Å²) in [4.78, 5) is 9.76. The second-order valence-corrected chi connectivity index (χ2v) is 5.84. The van der Waals surface area contributed by atoms with E-state index in [2.05, 4.69) is 15.9 Å². The summed E-state index contributed by atoms with van der Waals surface area (Å²) in [5, 5.41) is 11.7. The van der Waals surface area contributed by atoms with E-state index in [4.69, 9.17) is 11.6 Å². The van der Waals surface area contributed by atoms with Crippen molar-refractivity contribution in [3.63, 3.8) is 0 Å². The molecule has 1 aromatic carbocycles. The fourth-order valence-corrected chi connectivity index (χ4v) is 2.82. The lowest BCUT2D eigenvalue weighted by Gasteiger charge is -1.99. The number of benzene rings is 1. The summed E-state index contributed by atoms with van der Waals surface area (Å²) < 4.78 is 23.5. The van der Waals surface area contributed by atoms with Crippen LogP contribution in [0.4, 0.5) is 5.69 Å². The minimum absolute atomic E-state index is 0.0396. The molecule has 0 spiro atoms. The number of allylic oxidation sites excluding steroid dienone is 1. The number of hydrogen-bond acceptors (Lipinski definition) is 4. The standard InChI is InChI=1S/C9H7BrClNO4S/c10-5-7(11)6-17(15,16)9-3-1-8(2-4-9)12(13)14/h1-4,6H,5H2/b7-6+. The van der Waals surface area contributed by atoms with Gasteiger partial charge in [0.25, 0.3) is 5.69 Å². The quantitative estimate of drug-likeness (QED) is 0.480. The van der Waals surface area contributed by atoms with Gasteiger partial charge >= 0.3 is 0 Å². The van der Waals surface area contributed by atoms with Crippen molar-refractivity contribution in [2.75, 3.05) is 5.33 Å². The third-order valence-electron chi connectivity index (χ3n) is 1.79. The molecule has 0 atom stereocenters. The molecule has 0 radical (unpaired) electrons. The van der Waals surface area contributed by atoms with Crippen LogP contribution in [0.3, 0.4) is 0 Å². The largest absolute Gasteiger partial charge is 0.269 e. The number of sulfone groups is 1. The molecule has 0 saturated heterocycles. The Balaban J connectivity index is 3.13. The number of nitro groups is 1. The molecule has 0 saturated carbocycles. The van der Waals surface area contributed by atoms with Crippen LogP contribution in [0.2, 0.25) is 0 Å². The Morgan fingerprint density at radius 3 is 2.35 bits per heavy atom. The van der Waals surface area contributed by atoms with Crippen LogP contribution in [-0.2, 0) is 9.84 Å². The van der Waals surface area contributed by atoms with E-state index in [1.807, 2.05) is 0 Å². The molecule has 1 aromatic rings. The first kappa shape index (κ1) is 14.1. The van der Waals surface area contributed by atoms with Gasteiger partial charge in [-0.05, 0) is 12.1 Å². The van der Waals surface area contributed by atoms with Crippen LogP contribution in [0.25, 0.3) is 0 Å². The Hall–Kier alpha value is -0.920. The van der Waals surface area contributed by atoms with E-state index in [1.54, 1.807) is 0 Å². The zero-order chi connectivity index (χ0) is 13.1. The highest BCUT2D eigenvalue weighted by Gasteiger charge is 2.14. The molecule has 0 aromatic heterocycles. The summed E-state index contributed by atoms with van der Waals surface area (Å²) in [5.41, 5.74) is -0.167. The summed E-state index contributed by atoms with van der Waals surface area (Å²) in [5.74, 6) is 0. The lowest BCUT2D eigenvalue weighted by atomic mass is 10.3. The first-order valence-corrected chi connectivity index (χ1v) is 7.33. The van der Waals surface area contributed by atoms with Gasteiger partial charge in [-0.3, -0.25) is 10.1 Å². The molecule has 0 aliphatic heterocycles. The van der Waals surface area contributed by atoms with E-state index >= 15 is 0 Å². The van der Waals surface area contributed by atoms with E-state index in [-0.39, 0.29) is 20.9 Å². The Labute approximate surface area is 111 Å². The Morgan fingerprint density at radius 2 is 1.94 bits per heavy atom. The number of nitro benzene ring substituents is 1. The smallest absolute Gasteiger partial charge is 0.258 e. The first-order chi connectivity index (χ1) is 7.86. The number of alkyl halides is 1. The van der Waals surface area contributed by atoms with Gasteiger partial charge in [-0.15, -0.1) is 0 Å². The highest BCUT2D eigenvalue weighted by molar-refractivity contribution is 9.09. The van der Waals surface area contributed by atoms with Gasteiger partial charge in [0.2, 0.25) is 9.84 Å². The molecule has 0 heterocycles. The van der Waals surface area contributed by atoms with Gasteiger partial charge in [0.1, 0.15) is 0 Å². The van der Waals surface area contributed by atoms with Gasteiger partial charge in [-0.2, -0.15) is 0 Å². The zero-order valence-corrected chi connectivity index (χ0v) is 11.5. The highest BCUT2D eigenvalue weighted by Crippen LogP contribution is 2.19. The van der Waals surface area contributed by atoms with Gasteiger partial charge in [-0.1, -0.05) is 27.5 Å². The molecule has 5 nitrogen and oxygen atoms in total. The number of halogens is 2. The second kappa shape index (κ2) is 5.61. The van der Waals surface area contributed by atoms with E-state index in [0.717, 1.165) is 17.5 Å². The van der Waals surface area contributed by atoms with Crippen molar-refractivity contribution in [1.29, 1.82) is 0 Å². The maximum atomic E-state index is 11.7. The fourth-order valence-electron chi connectivity index (χ4n) is 1.03. The van der Waals surface area contributed by atoms with Crippen molar-refractivity contribution in [2.24, 2.45) is 0 Å². The molecule has 1 rings (SSSR count). The maximum Gasteiger partial charge on any atom is 0.269 e. The maximum absolute atomic E-state index is 11.7. The number of nitrogens with zero attached hydrogens (tertiary/aromatic N) is 1. The third-order valence-corrected chi connectivity index (χ3v) is 4.61. The van der Waals surface area contributed by atoms with Crippen molar-refractivity contribution in [3.05, 3.63) is 44.8 Å². The van der Waals surface area contributed by atoms with E-state index < -0.39 is 14.8 Å². The average Bonchev–Trinajstić information content (AvgIpc) is 2.28. The van der Waals surface area contributed by atoms with Gasteiger partial charge in [0, 0.05) is 22.5 Å². The number of rotatable bonds is 4. The van der Waals surface area contributed by atoms with Gasteiger partial charge in [-0.25, -0.2) is 8.42 Å². The molecule has 0 bridgehead atoms. The molecule has 0 N–H and O–H groups in total. The van der Waals surface area contributed by atoms with Crippen LogP contribution in [0.5, 0.6) is 0 Å². The first-order valence-electron chi connectivity index (χ1n) is 4.28. The van der Waals surface area contributed by atoms with Crippen LogP contribution >= 0.6 is 27.5 Å². The van der Waals surface area contributed by atoms with Crippen molar-refractivity contribution in [3.8, 4) is 0 Å². The lowest BCUT2D eigenvalue weighted by Crippen LogP contribution is -1.98. The van der Waals surface area contributed by atoms with Crippen LogP contribution < -0.4 is 0 Å². The van der Waals surface area contributed by atoms with Crippen molar-refractivity contribution >= 4 is 43.1 Å². The average molecular weight is 341 g/mol. The molecule has 8 heteroatoms. The minimum Gasteiger partial charge on any atom is -0.258 e. The van der Waals surface area contributed by atoms with E-state index in [9.17, 15) is 18.5 Å². The summed E-state index contributed by atoms with van der Waals surface area (Å²) in [6.07, 6.45) is 0. The van der Waals surface area contributed by atoms with Crippen LogP contribution in [0, 0.1) is 10.1 Å².